The van der Waals surface area contributed by atoms with Crippen molar-refractivity contribution in [1.29, 1.82) is 0 Å². The fourth-order valence-corrected chi connectivity index (χ4v) is 9.75. The lowest BCUT2D eigenvalue weighted by atomic mass is 9.98. The van der Waals surface area contributed by atoms with Gasteiger partial charge in [0.25, 0.3) is 0 Å². The average molecular weight is 805 g/mol. The highest BCUT2D eigenvalue weighted by Crippen LogP contribution is 2.45. The van der Waals surface area contributed by atoms with Crippen molar-refractivity contribution in [2.75, 3.05) is 0 Å². The molecular formula is C58H36N4O. The van der Waals surface area contributed by atoms with Gasteiger partial charge in [-0.3, -0.25) is 0 Å². The van der Waals surface area contributed by atoms with Crippen LogP contribution in [0.3, 0.4) is 0 Å². The highest BCUT2D eigenvalue weighted by Gasteiger charge is 2.24. The maximum atomic E-state index is 6.75. The van der Waals surface area contributed by atoms with Gasteiger partial charge in [-0.05, 0) is 54.6 Å². The Kier molecular flexibility index (Phi) is 7.84. The van der Waals surface area contributed by atoms with Gasteiger partial charge in [-0.2, -0.15) is 0 Å². The van der Waals surface area contributed by atoms with Gasteiger partial charge in [0.1, 0.15) is 11.2 Å². The summed E-state index contributed by atoms with van der Waals surface area (Å²) in [5.74, 6) is 0.652. The SMILES string of the molecule is c1ccc(-c2cc(-c3ccccc3)nc(-c3ccc(-c4ccccc4-n4c5ccccc5c5ccccc54)c(-n4c5ccccc5c5c6oc7ccccc7c6ccc54)c3)n2)cc1. The van der Waals surface area contributed by atoms with Gasteiger partial charge in [0.05, 0.1) is 50.2 Å². The van der Waals surface area contributed by atoms with E-state index in [2.05, 4.69) is 209 Å². The number of furan rings is 1. The number of fused-ring (bicyclic) bond motifs is 10. The van der Waals surface area contributed by atoms with Gasteiger partial charge in [-0.25, -0.2) is 9.97 Å². The molecule has 4 heterocycles. The molecule has 0 saturated heterocycles. The standard InChI is InChI=1S/C58H36N4O/c1-3-17-37(18-4-1)47-36-48(38-19-5-2-6-20-38)60-58(59-47)39-31-32-43(42-23-9-14-28-51(42)61-49-26-12-7-21-40(49)41-22-8-13-27-50(41)61)54(35-39)62-52-29-15-10-25-46(52)56-53(62)34-33-45-44-24-11-16-30-55(44)63-57(45)56/h1-36H. The Morgan fingerprint density at radius 2 is 0.857 bits per heavy atom. The molecule has 0 atom stereocenters. The van der Waals surface area contributed by atoms with Crippen LogP contribution in [0.1, 0.15) is 0 Å². The topological polar surface area (TPSA) is 48.8 Å². The quantitative estimate of drug-likeness (QED) is 0.168. The minimum absolute atomic E-state index is 0.652. The van der Waals surface area contributed by atoms with E-state index in [9.17, 15) is 0 Å². The minimum atomic E-state index is 0.652. The number of hydrogen-bond donors (Lipinski definition) is 0. The maximum absolute atomic E-state index is 6.75. The van der Waals surface area contributed by atoms with Gasteiger partial charge in [0.15, 0.2) is 5.82 Å². The van der Waals surface area contributed by atoms with Crippen molar-refractivity contribution in [3.05, 3.63) is 218 Å². The highest BCUT2D eigenvalue weighted by atomic mass is 16.3. The van der Waals surface area contributed by atoms with Gasteiger partial charge in [0.2, 0.25) is 0 Å². The zero-order valence-corrected chi connectivity index (χ0v) is 34.0. The van der Waals surface area contributed by atoms with E-state index < -0.39 is 0 Å². The van der Waals surface area contributed by atoms with Crippen molar-refractivity contribution in [3.8, 4) is 56.4 Å². The van der Waals surface area contributed by atoms with Crippen molar-refractivity contribution < 1.29 is 4.42 Å². The van der Waals surface area contributed by atoms with Crippen molar-refractivity contribution in [2.24, 2.45) is 0 Å². The number of aromatic nitrogens is 4. The van der Waals surface area contributed by atoms with Gasteiger partial charge >= 0.3 is 0 Å². The molecule has 0 fully saturated rings. The molecule has 0 saturated carbocycles. The fourth-order valence-electron chi connectivity index (χ4n) is 9.75. The van der Waals surface area contributed by atoms with Crippen LogP contribution < -0.4 is 0 Å². The summed E-state index contributed by atoms with van der Waals surface area (Å²) in [4.78, 5) is 10.6. The lowest BCUT2D eigenvalue weighted by molar-refractivity contribution is 0.673. The predicted octanol–water partition coefficient (Wildman–Crippen LogP) is 15.2. The first-order chi connectivity index (χ1) is 31.3. The molecule has 0 spiro atoms. The molecule has 0 bridgehead atoms. The van der Waals surface area contributed by atoms with Gasteiger partial charge in [-0.1, -0.05) is 164 Å². The average Bonchev–Trinajstić information content (AvgIpc) is 4.02. The van der Waals surface area contributed by atoms with Crippen LogP contribution in [0.5, 0.6) is 0 Å². The Balaban J connectivity index is 1.13. The Morgan fingerprint density at radius 1 is 0.333 bits per heavy atom. The van der Waals surface area contributed by atoms with E-state index in [0.29, 0.717) is 5.82 Å². The highest BCUT2D eigenvalue weighted by molar-refractivity contribution is 6.24. The third-order valence-corrected chi connectivity index (χ3v) is 12.6. The molecule has 5 nitrogen and oxygen atoms in total. The van der Waals surface area contributed by atoms with Crippen LogP contribution in [-0.2, 0) is 0 Å². The molecule has 0 radical (unpaired) electrons. The molecule has 0 aliphatic carbocycles. The third kappa shape index (κ3) is 5.50. The van der Waals surface area contributed by atoms with Crippen molar-refractivity contribution >= 4 is 65.6 Å². The lowest BCUT2D eigenvalue weighted by Gasteiger charge is -2.19. The van der Waals surface area contributed by atoms with Crippen molar-refractivity contribution in [1.82, 2.24) is 19.1 Å². The molecule has 294 valence electrons. The Morgan fingerprint density at radius 3 is 1.54 bits per heavy atom. The summed E-state index contributed by atoms with van der Waals surface area (Å²) in [7, 11) is 0. The molecule has 0 unspecified atom stereocenters. The Hall–Kier alpha value is -8.54. The van der Waals surface area contributed by atoms with Gasteiger partial charge in [-0.15, -0.1) is 0 Å². The molecule has 9 aromatic carbocycles. The third-order valence-electron chi connectivity index (χ3n) is 12.6. The van der Waals surface area contributed by atoms with Crippen LogP contribution in [0.4, 0.5) is 0 Å². The zero-order chi connectivity index (χ0) is 41.4. The lowest BCUT2D eigenvalue weighted by Crippen LogP contribution is -2.03. The van der Waals surface area contributed by atoms with Crippen LogP contribution in [-0.4, -0.2) is 19.1 Å². The summed E-state index contributed by atoms with van der Waals surface area (Å²) in [6, 6.07) is 77.2. The Bertz CT molecular complexity index is 3800. The first-order valence-electron chi connectivity index (χ1n) is 21.3. The molecule has 5 heteroatoms. The summed E-state index contributed by atoms with van der Waals surface area (Å²) in [5.41, 5.74) is 15.2. The first-order valence-corrected chi connectivity index (χ1v) is 21.3. The molecule has 13 rings (SSSR count). The molecule has 0 aliphatic rings. The second-order valence-electron chi connectivity index (χ2n) is 16.1. The van der Waals surface area contributed by atoms with Crippen molar-refractivity contribution in [3.63, 3.8) is 0 Å². The van der Waals surface area contributed by atoms with Crippen LogP contribution in [0.2, 0.25) is 0 Å². The van der Waals surface area contributed by atoms with E-state index in [4.69, 9.17) is 14.4 Å². The molecule has 0 aliphatic heterocycles. The smallest absolute Gasteiger partial charge is 0.160 e. The molecular weight excluding hydrogens is 769 g/mol. The molecule has 13 aromatic rings. The van der Waals surface area contributed by atoms with E-state index in [1.807, 2.05) is 18.2 Å². The second kappa shape index (κ2) is 14.0. The van der Waals surface area contributed by atoms with Gasteiger partial charge in [0, 0.05) is 54.7 Å². The van der Waals surface area contributed by atoms with E-state index in [-0.39, 0.29) is 0 Å². The summed E-state index contributed by atoms with van der Waals surface area (Å²) >= 11 is 0. The second-order valence-corrected chi connectivity index (χ2v) is 16.1. The monoisotopic (exact) mass is 804 g/mol. The van der Waals surface area contributed by atoms with Crippen LogP contribution in [0, 0.1) is 0 Å². The summed E-state index contributed by atoms with van der Waals surface area (Å²) in [6.45, 7) is 0. The zero-order valence-electron chi connectivity index (χ0n) is 34.0. The van der Waals surface area contributed by atoms with E-state index in [1.165, 1.54) is 10.8 Å². The molecule has 4 aromatic heterocycles. The van der Waals surface area contributed by atoms with Crippen LogP contribution in [0.15, 0.2) is 223 Å². The number of rotatable bonds is 6. The van der Waals surface area contributed by atoms with Crippen molar-refractivity contribution in [2.45, 2.75) is 0 Å². The number of para-hydroxylation sites is 5. The van der Waals surface area contributed by atoms with E-state index in [1.54, 1.807) is 0 Å². The van der Waals surface area contributed by atoms with Crippen LogP contribution in [0.25, 0.3) is 122 Å². The number of benzene rings is 9. The maximum Gasteiger partial charge on any atom is 0.160 e. The summed E-state index contributed by atoms with van der Waals surface area (Å²) < 4.78 is 11.6. The Labute approximate surface area is 362 Å². The number of nitrogens with zero attached hydrogens (tertiary/aromatic N) is 4. The van der Waals surface area contributed by atoms with E-state index >= 15 is 0 Å². The summed E-state index contributed by atoms with van der Waals surface area (Å²) in [5, 5.41) is 6.86. The number of hydrogen-bond acceptors (Lipinski definition) is 3. The summed E-state index contributed by atoms with van der Waals surface area (Å²) in [6.07, 6.45) is 0. The fraction of sp³-hybridized carbons (Fsp3) is 0. The normalized spacial score (nSPS) is 11.8. The molecule has 0 N–H and O–H groups in total. The van der Waals surface area contributed by atoms with E-state index in [0.717, 1.165) is 105 Å². The first kappa shape index (κ1) is 35.2. The van der Waals surface area contributed by atoms with Crippen LogP contribution >= 0.6 is 0 Å². The largest absolute Gasteiger partial charge is 0.455 e. The molecule has 63 heavy (non-hydrogen) atoms. The predicted molar refractivity (Wildman–Crippen MR) is 260 cm³/mol. The molecule has 0 amide bonds. The van der Waals surface area contributed by atoms with Gasteiger partial charge < -0.3 is 13.6 Å². The minimum Gasteiger partial charge on any atom is -0.455 e.